The van der Waals surface area contributed by atoms with Crippen LogP contribution in [0.5, 0.6) is 11.6 Å². The molecule has 1 heterocycles. The number of aromatic nitrogens is 2. The molecule has 0 bridgehead atoms. The Balaban J connectivity index is 1.98. The van der Waals surface area contributed by atoms with Crippen molar-refractivity contribution in [2.24, 2.45) is 0 Å². The van der Waals surface area contributed by atoms with Gasteiger partial charge in [-0.15, -0.1) is 0 Å². The third kappa shape index (κ3) is 4.25. The summed E-state index contributed by atoms with van der Waals surface area (Å²) < 4.78 is 5.90. The van der Waals surface area contributed by atoms with Gasteiger partial charge < -0.3 is 10.1 Å². The average Bonchev–Trinajstić information content (AvgIpc) is 2.69. The number of nitrogens with zero attached hydrogens (tertiary/aromatic N) is 2. The predicted molar refractivity (Wildman–Crippen MR) is 101 cm³/mol. The first kappa shape index (κ1) is 17.6. The molecule has 1 atom stereocenters. The summed E-state index contributed by atoms with van der Waals surface area (Å²) in [6, 6.07) is 18.9. The Morgan fingerprint density at radius 2 is 1.73 bits per heavy atom. The maximum absolute atomic E-state index is 12.6. The van der Waals surface area contributed by atoms with Gasteiger partial charge in [0.05, 0.1) is 0 Å². The molecule has 0 saturated heterocycles. The molecule has 3 rings (SSSR count). The number of carbonyl (C=O) groups excluding carboxylic acids is 1. The van der Waals surface area contributed by atoms with Crippen molar-refractivity contribution in [3.8, 4) is 23.0 Å². The van der Waals surface area contributed by atoms with Gasteiger partial charge in [-0.25, -0.2) is 4.98 Å². The summed E-state index contributed by atoms with van der Waals surface area (Å²) in [7, 11) is 0. The minimum Gasteiger partial charge on any atom is -0.438 e. The highest BCUT2D eigenvalue weighted by atomic mass is 16.5. The zero-order valence-electron chi connectivity index (χ0n) is 14.8. The Labute approximate surface area is 153 Å². The number of rotatable bonds is 6. The quantitative estimate of drug-likeness (QED) is 0.715. The van der Waals surface area contributed by atoms with Crippen molar-refractivity contribution < 1.29 is 9.53 Å². The fourth-order valence-electron chi connectivity index (χ4n) is 2.33. The Morgan fingerprint density at radius 1 is 1.08 bits per heavy atom. The zero-order chi connectivity index (χ0) is 18.4. The van der Waals surface area contributed by atoms with Crippen molar-refractivity contribution in [1.29, 1.82) is 0 Å². The van der Waals surface area contributed by atoms with Crippen LogP contribution < -0.4 is 10.1 Å². The topological polar surface area (TPSA) is 64.1 Å². The summed E-state index contributed by atoms with van der Waals surface area (Å²) in [5.41, 5.74) is 1.17. The molecule has 5 heteroatoms. The molecule has 0 spiro atoms. The average molecular weight is 347 g/mol. The van der Waals surface area contributed by atoms with E-state index < -0.39 is 0 Å². The molecule has 1 aromatic heterocycles. The summed E-state index contributed by atoms with van der Waals surface area (Å²) in [6.45, 7) is 3.97. The lowest BCUT2D eigenvalue weighted by molar-refractivity contribution is 0.0936. The van der Waals surface area contributed by atoms with E-state index >= 15 is 0 Å². The van der Waals surface area contributed by atoms with Crippen LogP contribution in [0.4, 0.5) is 0 Å². The monoisotopic (exact) mass is 347 g/mol. The van der Waals surface area contributed by atoms with Crippen molar-refractivity contribution in [3.63, 3.8) is 0 Å². The fraction of sp³-hybridized carbons (Fsp3) is 0.190. The second kappa shape index (κ2) is 8.25. The summed E-state index contributed by atoms with van der Waals surface area (Å²) in [5, 5.41) is 2.93. The van der Waals surface area contributed by atoms with Crippen LogP contribution in [0.1, 0.15) is 30.6 Å². The number of nitrogens with one attached hydrogen (secondary N) is 1. The van der Waals surface area contributed by atoms with E-state index in [0.29, 0.717) is 17.1 Å². The first-order valence-corrected chi connectivity index (χ1v) is 8.63. The molecule has 0 aliphatic heterocycles. The van der Waals surface area contributed by atoms with Crippen molar-refractivity contribution in [3.05, 3.63) is 72.4 Å². The molecule has 0 aliphatic carbocycles. The highest BCUT2D eigenvalue weighted by Crippen LogP contribution is 2.25. The number of para-hydroxylation sites is 1. The van der Waals surface area contributed by atoms with E-state index in [9.17, 15) is 4.79 Å². The lowest BCUT2D eigenvalue weighted by Gasteiger charge is -2.14. The molecule has 1 N–H and O–H groups in total. The van der Waals surface area contributed by atoms with E-state index in [1.54, 1.807) is 0 Å². The van der Waals surface area contributed by atoms with Crippen LogP contribution in [0, 0.1) is 0 Å². The number of ether oxygens (including phenoxy) is 1. The van der Waals surface area contributed by atoms with E-state index in [1.165, 1.54) is 6.20 Å². The second-order valence-electron chi connectivity index (χ2n) is 5.98. The van der Waals surface area contributed by atoms with Gasteiger partial charge in [-0.05, 0) is 25.5 Å². The molecule has 0 radical (unpaired) electrons. The van der Waals surface area contributed by atoms with Gasteiger partial charge in [0.25, 0.3) is 5.91 Å². The Morgan fingerprint density at radius 3 is 2.38 bits per heavy atom. The van der Waals surface area contributed by atoms with E-state index in [1.807, 2.05) is 74.5 Å². The minimum absolute atomic E-state index is 0.0564. The summed E-state index contributed by atoms with van der Waals surface area (Å²) in [6.07, 6.45) is 2.36. The molecule has 0 saturated carbocycles. The van der Waals surface area contributed by atoms with E-state index in [2.05, 4.69) is 15.3 Å². The zero-order valence-corrected chi connectivity index (χ0v) is 14.8. The van der Waals surface area contributed by atoms with Gasteiger partial charge in [0.2, 0.25) is 5.88 Å². The summed E-state index contributed by atoms with van der Waals surface area (Å²) >= 11 is 0. The first-order valence-electron chi connectivity index (χ1n) is 8.63. The molecule has 0 aliphatic rings. The molecular formula is C21H21N3O2. The second-order valence-corrected chi connectivity index (χ2v) is 5.98. The van der Waals surface area contributed by atoms with Crippen molar-refractivity contribution in [2.75, 3.05) is 0 Å². The number of carbonyl (C=O) groups is 1. The molecule has 0 fully saturated rings. The predicted octanol–water partition coefficient (Wildman–Crippen LogP) is 4.46. The lowest BCUT2D eigenvalue weighted by atomic mass is 10.2. The maximum atomic E-state index is 12.6. The van der Waals surface area contributed by atoms with Crippen molar-refractivity contribution in [1.82, 2.24) is 15.3 Å². The van der Waals surface area contributed by atoms with Gasteiger partial charge in [0.15, 0.2) is 5.82 Å². The SMILES string of the molecule is CCC(C)NC(=O)c1cnc(-c2ccccc2)nc1Oc1ccccc1. The minimum atomic E-state index is -0.245. The van der Waals surface area contributed by atoms with Gasteiger partial charge in [0, 0.05) is 17.8 Å². The number of amides is 1. The summed E-state index contributed by atoms with van der Waals surface area (Å²) in [4.78, 5) is 21.5. The van der Waals surface area contributed by atoms with Crippen LogP contribution >= 0.6 is 0 Å². The number of benzene rings is 2. The highest BCUT2D eigenvalue weighted by molar-refractivity contribution is 5.96. The van der Waals surface area contributed by atoms with Crippen LogP contribution in [0.15, 0.2) is 66.9 Å². The van der Waals surface area contributed by atoms with Crippen molar-refractivity contribution >= 4 is 5.91 Å². The fourth-order valence-corrected chi connectivity index (χ4v) is 2.33. The first-order chi connectivity index (χ1) is 12.7. The molecule has 1 unspecified atom stereocenters. The van der Waals surface area contributed by atoms with Gasteiger partial charge in [-0.3, -0.25) is 4.79 Å². The third-order valence-corrected chi connectivity index (χ3v) is 3.98. The van der Waals surface area contributed by atoms with Gasteiger partial charge in [-0.1, -0.05) is 55.5 Å². The van der Waals surface area contributed by atoms with Crippen LogP contribution in [0.3, 0.4) is 0 Å². The molecule has 5 nitrogen and oxygen atoms in total. The lowest BCUT2D eigenvalue weighted by Crippen LogP contribution is -2.32. The summed E-state index contributed by atoms with van der Waals surface area (Å²) in [5.74, 6) is 1.12. The Bertz CT molecular complexity index is 867. The smallest absolute Gasteiger partial charge is 0.258 e. The Kier molecular flexibility index (Phi) is 5.59. The highest BCUT2D eigenvalue weighted by Gasteiger charge is 2.18. The third-order valence-electron chi connectivity index (χ3n) is 3.98. The molecule has 132 valence electrons. The molecule has 1 amide bonds. The van der Waals surface area contributed by atoms with Crippen LogP contribution in [-0.2, 0) is 0 Å². The van der Waals surface area contributed by atoms with Crippen LogP contribution in [-0.4, -0.2) is 21.9 Å². The van der Waals surface area contributed by atoms with E-state index in [0.717, 1.165) is 12.0 Å². The van der Waals surface area contributed by atoms with Gasteiger partial charge >= 0.3 is 0 Å². The number of hydrogen-bond donors (Lipinski definition) is 1. The normalized spacial score (nSPS) is 11.6. The molecule has 3 aromatic rings. The van der Waals surface area contributed by atoms with Gasteiger partial charge in [0.1, 0.15) is 11.3 Å². The van der Waals surface area contributed by atoms with Crippen molar-refractivity contribution in [2.45, 2.75) is 26.3 Å². The van der Waals surface area contributed by atoms with Crippen LogP contribution in [0.25, 0.3) is 11.4 Å². The standard InChI is InChI=1S/C21H21N3O2/c1-3-15(2)23-20(25)18-14-22-19(16-10-6-4-7-11-16)24-21(18)26-17-12-8-5-9-13-17/h4-15H,3H2,1-2H3,(H,23,25). The Hall–Kier alpha value is -3.21. The largest absolute Gasteiger partial charge is 0.438 e. The van der Waals surface area contributed by atoms with Crippen LogP contribution in [0.2, 0.25) is 0 Å². The van der Waals surface area contributed by atoms with E-state index in [-0.39, 0.29) is 17.8 Å². The maximum Gasteiger partial charge on any atom is 0.258 e. The number of hydrogen-bond acceptors (Lipinski definition) is 4. The van der Waals surface area contributed by atoms with E-state index in [4.69, 9.17) is 4.74 Å². The molecule has 2 aromatic carbocycles. The molecule has 26 heavy (non-hydrogen) atoms. The molecular weight excluding hydrogens is 326 g/mol. The van der Waals surface area contributed by atoms with Gasteiger partial charge in [-0.2, -0.15) is 4.98 Å².